The molecule has 0 aliphatic carbocycles. The predicted octanol–water partition coefficient (Wildman–Crippen LogP) is 1.53. The minimum Gasteiger partial charge on any atom is -0.366 e. The van der Waals surface area contributed by atoms with Gasteiger partial charge in [-0.05, 0) is 18.2 Å². The second-order valence-electron chi connectivity index (χ2n) is 3.69. The molecule has 7 heteroatoms. The summed E-state index contributed by atoms with van der Waals surface area (Å²) in [6.07, 6.45) is 0. The Morgan fingerprint density at radius 2 is 2.16 bits per heavy atom. The van der Waals surface area contributed by atoms with E-state index in [4.69, 9.17) is 5.26 Å². The lowest BCUT2D eigenvalue weighted by atomic mass is 10.2. The maximum Gasteiger partial charge on any atom is 0.347 e. The Bertz CT molecular complexity index is 706. The fraction of sp³-hybridized carbons (Fsp3) is 0.0833. The number of nitrogens with one attached hydrogen (secondary N) is 2. The lowest BCUT2D eigenvalue weighted by Crippen LogP contribution is -2.15. The summed E-state index contributed by atoms with van der Waals surface area (Å²) < 4.78 is 26.3. The van der Waals surface area contributed by atoms with Crippen molar-refractivity contribution in [1.29, 1.82) is 5.26 Å². The first-order valence-corrected chi connectivity index (χ1v) is 5.28. The first kappa shape index (κ1) is 12.7. The number of anilines is 1. The minimum atomic E-state index is -0.693. The third-order valence-electron chi connectivity index (χ3n) is 2.33. The monoisotopic (exact) mass is 262 g/mol. The molecule has 1 aromatic carbocycles. The Kier molecular flexibility index (Phi) is 3.52. The largest absolute Gasteiger partial charge is 0.366 e. The van der Waals surface area contributed by atoms with Gasteiger partial charge in [-0.1, -0.05) is 0 Å². The van der Waals surface area contributed by atoms with Crippen LogP contribution in [0.5, 0.6) is 0 Å². The summed E-state index contributed by atoms with van der Waals surface area (Å²) in [7, 11) is 0. The zero-order chi connectivity index (χ0) is 13.8. The molecule has 1 aromatic heterocycles. The topological polar surface area (TPSA) is 81.6 Å². The molecule has 0 saturated heterocycles. The van der Waals surface area contributed by atoms with E-state index in [-0.39, 0.29) is 23.6 Å². The van der Waals surface area contributed by atoms with Crippen LogP contribution in [0.4, 0.5) is 14.6 Å². The lowest BCUT2D eigenvalue weighted by Gasteiger charge is -2.06. The fourth-order valence-corrected chi connectivity index (χ4v) is 1.47. The van der Waals surface area contributed by atoms with Crippen LogP contribution >= 0.6 is 0 Å². The number of hydrogen-bond donors (Lipinski definition) is 2. The summed E-state index contributed by atoms with van der Waals surface area (Å²) in [5.41, 5.74) is -0.566. The molecule has 2 rings (SSSR count). The van der Waals surface area contributed by atoms with Crippen LogP contribution in [0.25, 0.3) is 0 Å². The predicted molar refractivity (Wildman–Crippen MR) is 63.3 cm³/mol. The summed E-state index contributed by atoms with van der Waals surface area (Å²) in [5.74, 6) is -1.02. The lowest BCUT2D eigenvalue weighted by molar-refractivity contribution is 0.587. The van der Waals surface area contributed by atoms with E-state index < -0.39 is 17.3 Å². The van der Waals surface area contributed by atoms with Crippen LogP contribution in [0.1, 0.15) is 11.3 Å². The number of hydrogen-bond acceptors (Lipinski definition) is 4. The van der Waals surface area contributed by atoms with Crippen molar-refractivity contribution in [3.8, 4) is 6.07 Å². The van der Waals surface area contributed by atoms with Crippen molar-refractivity contribution in [3.63, 3.8) is 0 Å². The standard InChI is InChI=1S/C12H8F2N4O/c13-8-1-2-10(14)7(3-8)6-16-11-4-9(5-15)17-12(19)18-11/h1-4H,6H2,(H2,16,17,18,19). The number of aromatic nitrogens is 2. The van der Waals surface area contributed by atoms with E-state index in [1.807, 2.05) is 0 Å². The van der Waals surface area contributed by atoms with Crippen molar-refractivity contribution in [2.45, 2.75) is 6.54 Å². The number of rotatable bonds is 3. The van der Waals surface area contributed by atoms with Crippen molar-refractivity contribution >= 4 is 5.82 Å². The maximum atomic E-state index is 13.3. The van der Waals surface area contributed by atoms with Crippen LogP contribution in [0.3, 0.4) is 0 Å². The molecule has 0 unspecified atom stereocenters. The second-order valence-corrected chi connectivity index (χ2v) is 3.69. The second kappa shape index (κ2) is 5.27. The van der Waals surface area contributed by atoms with E-state index in [0.717, 1.165) is 18.2 Å². The van der Waals surface area contributed by atoms with Gasteiger partial charge in [0.25, 0.3) is 0 Å². The quantitative estimate of drug-likeness (QED) is 0.878. The van der Waals surface area contributed by atoms with Gasteiger partial charge in [0.1, 0.15) is 29.2 Å². The highest BCUT2D eigenvalue weighted by Crippen LogP contribution is 2.11. The molecule has 0 spiro atoms. The molecule has 0 amide bonds. The van der Waals surface area contributed by atoms with Crippen LogP contribution in [0, 0.1) is 23.0 Å². The Hall–Kier alpha value is -2.75. The van der Waals surface area contributed by atoms with Crippen molar-refractivity contribution in [2.24, 2.45) is 0 Å². The third kappa shape index (κ3) is 3.13. The van der Waals surface area contributed by atoms with Gasteiger partial charge in [-0.2, -0.15) is 10.2 Å². The molecule has 19 heavy (non-hydrogen) atoms. The average Bonchev–Trinajstić information content (AvgIpc) is 2.39. The van der Waals surface area contributed by atoms with Crippen LogP contribution in [-0.4, -0.2) is 9.97 Å². The molecule has 96 valence electrons. The molecule has 1 heterocycles. The molecule has 2 N–H and O–H groups in total. The van der Waals surface area contributed by atoms with Crippen molar-refractivity contribution < 1.29 is 8.78 Å². The van der Waals surface area contributed by atoms with E-state index in [1.165, 1.54) is 6.07 Å². The normalized spacial score (nSPS) is 9.95. The Balaban J connectivity index is 2.19. The molecular weight excluding hydrogens is 254 g/mol. The summed E-state index contributed by atoms with van der Waals surface area (Å²) in [6, 6.07) is 6.13. The molecule has 5 nitrogen and oxygen atoms in total. The highest BCUT2D eigenvalue weighted by molar-refractivity contribution is 5.39. The minimum absolute atomic E-state index is 0.0298. The van der Waals surface area contributed by atoms with Gasteiger partial charge in [-0.25, -0.2) is 13.6 Å². The van der Waals surface area contributed by atoms with Gasteiger partial charge in [0, 0.05) is 18.2 Å². The van der Waals surface area contributed by atoms with Gasteiger partial charge in [-0.3, -0.25) is 4.98 Å². The van der Waals surface area contributed by atoms with Gasteiger partial charge in [0.05, 0.1) is 0 Å². The van der Waals surface area contributed by atoms with Crippen molar-refractivity contribution in [1.82, 2.24) is 9.97 Å². The van der Waals surface area contributed by atoms with Gasteiger partial charge in [0.2, 0.25) is 0 Å². The maximum absolute atomic E-state index is 13.3. The van der Waals surface area contributed by atoms with Gasteiger partial charge >= 0.3 is 5.69 Å². The smallest absolute Gasteiger partial charge is 0.347 e. The van der Waals surface area contributed by atoms with Crippen LogP contribution < -0.4 is 11.0 Å². The summed E-state index contributed by atoms with van der Waals surface area (Å²) >= 11 is 0. The van der Waals surface area contributed by atoms with Crippen LogP contribution in [-0.2, 0) is 6.54 Å². The van der Waals surface area contributed by atoms with E-state index in [2.05, 4.69) is 15.3 Å². The molecule has 2 aromatic rings. The zero-order valence-corrected chi connectivity index (χ0v) is 9.58. The van der Waals surface area contributed by atoms with E-state index in [9.17, 15) is 13.6 Å². The average molecular weight is 262 g/mol. The summed E-state index contributed by atoms with van der Waals surface area (Å²) in [6.45, 7) is -0.0507. The molecule has 0 radical (unpaired) electrons. The first-order chi connectivity index (χ1) is 9.08. The highest BCUT2D eigenvalue weighted by atomic mass is 19.1. The van der Waals surface area contributed by atoms with E-state index in [0.29, 0.717) is 0 Å². The third-order valence-corrected chi connectivity index (χ3v) is 2.33. The summed E-state index contributed by atoms with van der Waals surface area (Å²) in [5, 5.41) is 11.3. The zero-order valence-electron chi connectivity index (χ0n) is 9.58. The fourth-order valence-electron chi connectivity index (χ4n) is 1.47. The van der Waals surface area contributed by atoms with Crippen molar-refractivity contribution in [3.05, 3.63) is 57.6 Å². The van der Waals surface area contributed by atoms with Gasteiger partial charge < -0.3 is 5.32 Å². The molecule has 0 bridgehead atoms. The van der Waals surface area contributed by atoms with Crippen LogP contribution in [0.2, 0.25) is 0 Å². The summed E-state index contributed by atoms with van der Waals surface area (Å²) in [4.78, 5) is 16.9. The SMILES string of the molecule is N#Cc1cc(NCc2cc(F)ccc2F)nc(=O)[nH]1. The Morgan fingerprint density at radius 3 is 2.89 bits per heavy atom. The number of nitriles is 1. The molecule has 0 aliphatic rings. The number of benzene rings is 1. The molecule has 0 saturated carbocycles. The van der Waals surface area contributed by atoms with E-state index >= 15 is 0 Å². The number of nitrogens with zero attached hydrogens (tertiary/aromatic N) is 2. The van der Waals surface area contributed by atoms with Gasteiger partial charge in [0.15, 0.2) is 0 Å². The molecular formula is C12H8F2N4O. The van der Waals surface area contributed by atoms with Gasteiger partial charge in [-0.15, -0.1) is 0 Å². The number of aromatic amines is 1. The first-order valence-electron chi connectivity index (χ1n) is 5.28. The Morgan fingerprint density at radius 1 is 1.37 bits per heavy atom. The molecule has 0 aliphatic heterocycles. The van der Waals surface area contributed by atoms with E-state index in [1.54, 1.807) is 6.07 Å². The Labute approximate surface area is 106 Å². The number of halogens is 2. The molecule has 0 fully saturated rings. The van der Waals surface area contributed by atoms with Crippen LogP contribution in [0.15, 0.2) is 29.1 Å². The number of H-pyrrole nitrogens is 1. The molecule has 0 atom stereocenters. The van der Waals surface area contributed by atoms with Crippen molar-refractivity contribution in [2.75, 3.05) is 5.32 Å². The highest BCUT2D eigenvalue weighted by Gasteiger charge is 2.05.